The maximum absolute atomic E-state index is 13.2. The van der Waals surface area contributed by atoms with E-state index in [0.717, 1.165) is 24.3 Å². The molecule has 14 nitrogen and oxygen atoms in total. The van der Waals surface area contributed by atoms with E-state index in [4.69, 9.17) is 9.88 Å². The molecule has 0 bridgehead atoms. The number of aliphatic hydroxyl groups excluding tert-OH is 1. The second-order valence-electron chi connectivity index (χ2n) is 9.42. The van der Waals surface area contributed by atoms with E-state index in [0.29, 0.717) is 17.9 Å². The van der Waals surface area contributed by atoms with Gasteiger partial charge >= 0.3 is 11.9 Å². The Morgan fingerprint density at radius 2 is 2.00 bits per heavy atom. The van der Waals surface area contributed by atoms with Crippen molar-refractivity contribution in [3.05, 3.63) is 50.5 Å². The van der Waals surface area contributed by atoms with Crippen molar-refractivity contribution in [1.82, 2.24) is 14.9 Å². The number of ether oxygens (including phenoxy) is 1. The zero-order valence-electron chi connectivity index (χ0n) is 20.4. The molecule has 0 spiro atoms. The van der Waals surface area contributed by atoms with Gasteiger partial charge in [0.2, 0.25) is 5.91 Å². The molecular formula is C22H27N5O9S2. The number of thioether (sulfide) groups is 1. The molecule has 0 radical (unpaired) electrons. The summed E-state index contributed by atoms with van der Waals surface area (Å²) < 4.78 is 29.7. The Bertz CT molecular complexity index is 1300. The molecule has 5 N–H and O–H groups in total. The highest BCUT2D eigenvalue weighted by Crippen LogP contribution is 2.52. The maximum atomic E-state index is 13.2. The average Bonchev–Trinajstić information content (AvgIpc) is 3.38. The lowest BCUT2D eigenvalue weighted by Gasteiger charge is -2.46. The van der Waals surface area contributed by atoms with E-state index in [2.05, 4.69) is 10.0 Å². The Kier molecular flexibility index (Phi) is 7.92. The number of nitrogens with one attached hydrogen (secondary N) is 2. The number of β-lactam (4-membered cyclic amide) rings is 1. The normalized spacial score (nSPS) is 27.6. The van der Waals surface area contributed by atoms with Crippen LogP contribution in [0, 0.1) is 22.0 Å². The number of nitrogens with two attached hydrogens (primary N) is 1. The van der Waals surface area contributed by atoms with Gasteiger partial charge in [-0.2, -0.15) is 8.42 Å². The molecule has 206 valence electrons. The fraction of sp³-hybridized carbons (Fsp3) is 0.500. The molecule has 1 aromatic carbocycles. The van der Waals surface area contributed by atoms with E-state index in [9.17, 15) is 38.0 Å². The van der Waals surface area contributed by atoms with Crippen LogP contribution < -0.4 is 15.2 Å². The first-order valence-corrected chi connectivity index (χ1v) is 14.1. The van der Waals surface area contributed by atoms with Crippen molar-refractivity contribution in [2.45, 2.75) is 43.7 Å². The van der Waals surface area contributed by atoms with Crippen LogP contribution in [0.3, 0.4) is 0 Å². The number of benzene rings is 1. The van der Waals surface area contributed by atoms with E-state index in [1.54, 1.807) is 0 Å². The molecule has 0 saturated carbocycles. The number of nitrogens with zero attached hydrogens (tertiary/aromatic N) is 2. The summed E-state index contributed by atoms with van der Waals surface area (Å²) in [6.07, 6.45) is -0.414. The quantitative estimate of drug-likeness (QED) is 0.0988. The van der Waals surface area contributed by atoms with Crippen molar-refractivity contribution in [2.24, 2.45) is 17.0 Å². The third-order valence-corrected chi connectivity index (χ3v) is 8.89. The molecular weight excluding hydrogens is 542 g/mol. The van der Waals surface area contributed by atoms with Gasteiger partial charge < -0.3 is 20.1 Å². The highest BCUT2D eigenvalue weighted by Gasteiger charge is 2.60. The second kappa shape index (κ2) is 10.7. The number of aliphatic hydroxyl groups is 1. The van der Waals surface area contributed by atoms with E-state index in [1.165, 1.54) is 23.6 Å². The number of amides is 1. The molecule has 3 aliphatic heterocycles. The van der Waals surface area contributed by atoms with Crippen LogP contribution in [0.5, 0.6) is 0 Å². The third kappa shape index (κ3) is 5.60. The number of carbonyl (C=O) groups excluding carboxylic acids is 3. The molecule has 6 atom stereocenters. The van der Waals surface area contributed by atoms with Crippen LogP contribution >= 0.6 is 11.8 Å². The first kappa shape index (κ1) is 28.1. The first-order valence-electron chi connectivity index (χ1n) is 11.7. The van der Waals surface area contributed by atoms with Gasteiger partial charge in [0, 0.05) is 47.3 Å². The fourth-order valence-electron chi connectivity index (χ4n) is 5.00. The molecule has 3 aliphatic rings. The van der Waals surface area contributed by atoms with E-state index in [1.807, 2.05) is 6.92 Å². The Labute approximate surface area is 222 Å². The lowest BCUT2D eigenvalue weighted by Crippen LogP contribution is -2.63. The van der Waals surface area contributed by atoms with Gasteiger partial charge in [0.15, 0.2) is 0 Å². The summed E-state index contributed by atoms with van der Waals surface area (Å²) in [5.41, 5.74) is -0.390. The summed E-state index contributed by atoms with van der Waals surface area (Å²) in [6, 6.07) is 3.85. The van der Waals surface area contributed by atoms with Crippen LogP contribution in [-0.2, 0) is 24.5 Å². The topological polar surface area (TPSA) is 211 Å². The van der Waals surface area contributed by atoms with Crippen molar-refractivity contribution in [2.75, 3.05) is 13.1 Å². The average molecular weight is 570 g/mol. The fourth-order valence-corrected chi connectivity index (χ4v) is 6.95. The number of hydrogen-bond donors (Lipinski definition) is 4. The molecule has 0 aliphatic carbocycles. The van der Waals surface area contributed by atoms with Crippen molar-refractivity contribution < 1.29 is 37.6 Å². The lowest BCUT2D eigenvalue weighted by molar-refractivity contribution is -0.384. The highest BCUT2D eigenvalue weighted by molar-refractivity contribution is 8.03. The Hall–Kier alpha value is -2.89. The van der Waals surface area contributed by atoms with Crippen LogP contribution in [0.15, 0.2) is 34.9 Å². The minimum absolute atomic E-state index is 0.0734. The number of nitro benzene ring substituents is 1. The van der Waals surface area contributed by atoms with Gasteiger partial charge in [-0.25, -0.2) is 19.5 Å². The van der Waals surface area contributed by atoms with Gasteiger partial charge in [0.1, 0.15) is 5.70 Å². The zero-order chi connectivity index (χ0) is 27.9. The van der Waals surface area contributed by atoms with Crippen molar-refractivity contribution in [1.29, 1.82) is 0 Å². The molecule has 16 heteroatoms. The zero-order valence-corrected chi connectivity index (χ0v) is 22.0. The van der Waals surface area contributed by atoms with Crippen molar-refractivity contribution in [3.63, 3.8) is 0 Å². The van der Waals surface area contributed by atoms with Crippen LogP contribution in [-0.4, -0.2) is 77.7 Å². The van der Waals surface area contributed by atoms with Gasteiger partial charge in [0.25, 0.3) is 15.9 Å². The summed E-state index contributed by atoms with van der Waals surface area (Å²) in [5.74, 6) is -3.59. The largest absolute Gasteiger partial charge is 0.393 e. The summed E-state index contributed by atoms with van der Waals surface area (Å²) in [5, 5.41) is 29.1. The van der Waals surface area contributed by atoms with Crippen LogP contribution in [0.2, 0.25) is 0 Å². The molecule has 38 heavy (non-hydrogen) atoms. The molecule has 2 fully saturated rings. The Morgan fingerprint density at radius 1 is 1.34 bits per heavy atom. The van der Waals surface area contributed by atoms with Gasteiger partial charge in [0.05, 0.1) is 28.6 Å². The van der Waals surface area contributed by atoms with E-state index in [-0.39, 0.29) is 40.7 Å². The number of nitro groups is 1. The third-order valence-electron chi connectivity index (χ3n) is 6.81. The lowest BCUT2D eigenvalue weighted by atomic mass is 9.79. The summed E-state index contributed by atoms with van der Waals surface area (Å²) in [6.45, 7) is 3.89. The Balaban J connectivity index is 1.54. The summed E-state index contributed by atoms with van der Waals surface area (Å²) >= 11 is 1.33. The van der Waals surface area contributed by atoms with Crippen molar-refractivity contribution >= 4 is 45.5 Å². The molecule has 3 heterocycles. The minimum Gasteiger partial charge on any atom is -0.393 e. The molecule has 1 amide bonds. The molecule has 1 unspecified atom stereocenters. The predicted octanol–water partition coefficient (Wildman–Crippen LogP) is -0.396. The van der Waals surface area contributed by atoms with Crippen LogP contribution in [0.25, 0.3) is 0 Å². The number of fused-ring (bicyclic) bond motifs is 1. The Morgan fingerprint density at radius 3 is 2.58 bits per heavy atom. The number of rotatable bonds is 9. The molecule has 2 saturated heterocycles. The number of non-ortho nitro benzene ring substituents is 1. The molecule has 4 rings (SSSR count). The minimum atomic E-state index is -3.85. The van der Waals surface area contributed by atoms with E-state index < -0.39 is 51.0 Å². The highest BCUT2D eigenvalue weighted by atomic mass is 32.2. The maximum Gasteiger partial charge on any atom is 0.363 e. The summed E-state index contributed by atoms with van der Waals surface area (Å²) in [7, 11) is -3.85. The second-order valence-corrected chi connectivity index (χ2v) is 12.1. The van der Waals surface area contributed by atoms with Gasteiger partial charge in [-0.15, -0.1) is 11.8 Å². The van der Waals surface area contributed by atoms with Gasteiger partial charge in [-0.1, -0.05) is 6.92 Å². The van der Waals surface area contributed by atoms with Gasteiger partial charge in [-0.05, 0) is 25.5 Å². The standard InChI is InChI=1S/C22H27N5O9S2/c1-10-17-16(11(2)28)20(29)26(17)18(19(10)37-15-7-13(24-9-15)8-25-38(23,34)35)22(31)36-21(30)12-3-5-14(6-4-12)27(32)33/h3-6,10-11,13,15-17,24-25,28H,7-9H2,1-2H3,(H2,23,34,35)/t10-,11-,13+,15?,16-,17-/m1/s1. The molecule has 0 aromatic heterocycles. The number of carbonyl (C=O) groups is 3. The predicted molar refractivity (Wildman–Crippen MR) is 134 cm³/mol. The SMILES string of the molecule is C[C@@H](O)[C@H]1C(=O)N2C(C(=O)OC(=O)c3ccc([N+](=O)[O-])cc3)=C(SC3CN[C@H](CNS(N)(=O)=O)C3)[C@H](C)[C@H]12. The van der Waals surface area contributed by atoms with Crippen molar-refractivity contribution in [3.8, 4) is 0 Å². The monoisotopic (exact) mass is 569 g/mol. The van der Waals surface area contributed by atoms with Gasteiger partial charge in [-0.3, -0.25) is 14.9 Å². The van der Waals surface area contributed by atoms with Crippen LogP contribution in [0.4, 0.5) is 5.69 Å². The number of hydrogen-bond acceptors (Lipinski definition) is 11. The number of esters is 2. The summed E-state index contributed by atoms with van der Waals surface area (Å²) in [4.78, 5) is 50.8. The molecule has 1 aromatic rings. The van der Waals surface area contributed by atoms with Crippen LogP contribution in [0.1, 0.15) is 30.6 Å². The smallest absolute Gasteiger partial charge is 0.363 e. The van der Waals surface area contributed by atoms with E-state index >= 15 is 0 Å². The first-order chi connectivity index (χ1) is 17.8.